The predicted octanol–water partition coefficient (Wildman–Crippen LogP) is 4.35. The van der Waals surface area contributed by atoms with Crippen LogP contribution < -0.4 is 4.74 Å². The summed E-state index contributed by atoms with van der Waals surface area (Å²) in [7, 11) is 2.00. The molecule has 31 heavy (non-hydrogen) atoms. The number of allylic oxidation sites excluding steroid dienone is 1. The number of fused-ring (bicyclic) bond motifs is 1. The molecule has 0 bridgehead atoms. The van der Waals surface area contributed by atoms with E-state index in [1.165, 1.54) is 11.1 Å². The lowest BCUT2D eigenvalue weighted by atomic mass is 10.0. The molecule has 0 radical (unpaired) electrons. The molecule has 1 aliphatic heterocycles. The zero-order valence-corrected chi connectivity index (χ0v) is 18.2. The molecule has 0 aliphatic carbocycles. The molecule has 5 nitrogen and oxygen atoms in total. The Morgan fingerprint density at radius 1 is 1.16 bits per heavy atom. The van der Waals surface area contributed by atoms with E-state index in [-0.39, 0.29) is 6.61 Å². The van der Waals surface area contributed by atoms with Gasteiger partial charge in [0.25, 0.3) is 0 Å². The molecule has 2 aromatic carbocycles. The van der Waals surface area contributed by atoms with Crippen LogP contribution in [0.4, 0.5) is 0 Å². The van der Waals surface area contributed by atoms with Crippen LogP contribution in [0.1, 0.15) is 6.92 Å². The highest BCUT2D eigenvalue weighted by Crippen LogP contribution is 2.27. The fourth-order valence-corrected chi connectivity index (χ4v) is 4.04. The van der Waals surface area contributed by atoms with E-state index in [1.807, 2.05) is 61.3 Å². The third kappa shape index (κ3) is 4.79. The van der Waals surface area contributed by atoms with Crippen LogP contribution in [-0.4, -0.2) is 51.9 Å². The second kappa shape index (κ2) is 9.33. The Hall–Kier alpha value is -3.15. The van der Waals surface area contributed by atoms with E-state index < -0.39 is 6.10 Å². The first kappa shape index (κ1) is 21.1. The monoisotopic (exact) mass is 415 g/mol. The minimum Gasteiger partial charge on any atom is -0.491 e. The van der Waals surface area contributed by atoms with Crippen LogP contribution in [0.25, 0.3) is 22.2 Å². The van der Waals surface area contributed by atoms with Crippen LogP contribution in [0.3, 0.4) is 0 Å². The Morgan fingerprint density at radius 2 is 1.97 bits per heavy atom. The number of benzene rings is 2. The van der Waals surface area contributed by atoms with E-state index >= 15 is 0 Å². The lowest BCUT2D eigenvalue weighted by Crippen LogP contribution is -2.34. The van der Waals surface area contributed by atoms with E-state index in [9.17, 15) is 5.11 Å². The molecule has 0 amide bonds. The van der Waals surface area contributed by atoms with E-state index in [0.29, 0.717) is 6.54 Å². The molecule has 5 heteroatoms. The molecule has 160 valence electrons. The molecule has 3 aromatic rings. The maximum Gasteiger partial charge on any atom is 0.120 e. The topological polar surface area (TPSA) is 50.5 Å². The number of hydrogen-bond donors (Lipinski definition) is 1. The van der Waals surface area contributed by atoms with Crippen molar-refractivity contribution < 1.29 is 9.84 Å². The average Bonchev–Trinajstić information content (AvgIpc) is 3.35. The van der Waals surface area contributed by atoms with Crippen molar-refractivity contribution in [2.75, 3.05) is 26.2 Å². The fraction of sp³-hybridized carbons (Fsp3) is 0.269. The summed E-state index contributed by atoms with van der Waals surface area (Å²) < 4.78 is 7.94. The van der Waals surface area contributed by atoms with Gasteiger partial charge in [-0.1, -0.05) is 43.0 Å². The number of aromatic nitrogens is 2. The molecule has 0 saturated carbocycles. The third-order valence-electron chi connectivity index (χ3n) is 5.62. The zero-order chi connectivity index (χ0) is 21.8. The largest absolute Gasteiger partial charge is 0.491 e. The van der Waals surface area contributed by atoms with Gasteiger partial charge < -0.3 is 14.4 Å². The lowest BCUT2D eigenvalue weighted by Gasteiger charge is -2.20. The van der Waals surface area contributed by atoms with Crippen LogP contribution in [0.2, 0.25) is 0 Å². The second-order valence-corrected chi connectivity index (χ2v) is 7.98. The standard InChI is InChI=1S/C26H29N3O2/c1-4-7-22-15-29(14-19(22)5-2)16-23(30)17-31-24-9-6-8-20(12-24)21-10-11-25-26(13-21)28(3)18-27-25/h4-13,18,23,30H,2,14-17H2,1,3H3/b7-4-. The van der Waals surface area contributed by atoms with Crippen molar-refractivity contribution >= 4 is 11.0 Å². The second-order valence-electron chi connectivity index (χ2n) is 7.98. The van der Waals surface area contributed by atoms with Gasteiger partial charge in [0.15, 0.2) is 0 Å². The molecule has 0 fully saturated rings. The minimum absolute atomic E-state index is 0.253. The van der Waals surface area contributed by atoms with Gasteiger partial charge >= 0.3 is 0 Å². The third-order valence-corrected chi connectivity index (χ3v) is 5.62. The van der Waals surface area contributed by atoms with Crippen molar-refractivity contribution in [3.63, 3.8) is 0 Å². The molecule has 0 spiro atoms. The van der Waals surface area contributed by atoms with Gasteiger partial charge in [-0.15, -0.1) is 0 Å². The smallest absolute Gasteiger partial charge is 0.120 e. The van der Waals surface area contributed by atoms with E-state index in [1.54, 1.807) is 0 Å². The summed E-state index contributed by atoms with van der Waals surface area (Å²) in [6, 6.07) is 14.2. The number of nitrogens with zero attached hydrogens (tertiary/aromatic N) is 3. The van der Waals surface area contributed by atoms with Gasteiger partial charge in [-0.05, 0) is 53.5 Å². The van der Waals surface area contributed by atoms with Gasteiger partial charge in [-0.25, -0.2) is 4.98 Å². The number of aliphatic hydroxyl groups excluding tert-OH is 1. The first-order valence-electron chi connectivity index (χ1n) is 10.6. The number of rotatable bonds is 8. The summed E-state index contributed by atoms with van der Waals surface area (Å²) in [5.74, 6) is 0.752. The van der Waals surface area contributed by atoms with Crippen molar-refractivity contribution in [1.82, 2.24) is 14.5 Å². The van der Waals surface area contributed by atoms with Gasteiger partial charge in [0.05, 0.1) is 17.4 Å². The van der Waals surface area contributed by atoms with Crippen LogP contribution in [0.15, 0.2) is 84.7 Å². The summed E-state index contributed by atoms with van der Waals surface area (Å²) in [6.45, 7) is 8.38. The van der Waals surface area contributed by atoms with Crippen molar-refractivity contribution in [3.8, 4) is 16.9 Å². The summed E-state index contributed by atoms with van der Waals surface area (Å²) in [6.07, 6.45) is 7.33. The number of ether oxygens (including phenoxy) is 1. The molecule has 0 saturated heterocycles. The molecule has 2 heterocycles. The van der Waals surface area contributed by atoms with Crippen molar-refractivity contribution in [1.29, 1.82) is 0 Å². The van der Waals surface area contributed by atoms with Gasteiger partial charge in [-0.2, -0.15) is 0 Å². The first-order valence-corrected chi connectivity index (χ1v) is 10.6. The molecular formula is C26H29N3O2. The van der Waals surface area contributed by atoms with Gasteiger partial charge in [0.2, 0.25) is 0 Å². The summed E-state index contributed by atoms with van der Waals surface area (Å²) in [5, 5.41) is 10.5. The zero-order valence-electron chi connectivity index (χ0n) is 18.2. The van der Waals surface area contributed by atoms with Gasteiger partial charge in [0.1, 0.15) is 18.5 Å². The number of aliphatic hydroxyl groups is 1. The molecule has 1 N–H and O–H groups in total. The Bertz CT molecular complexity index is 1140. The molecule has 1 aliphatic rings. The molecule has 1 unspecified atom stereocenters. The highest BCUT2D eigenvalue weighted by molar-refractivity contribution is 5.82. The predicted molar refractivity (Wildman–Crippen MR) is 126 cm³/mol. The summed E-state index contributed by atoms with van der Waals surface area (Å²) in [5.41, 5.74) is 6.75. The minimum atomic E-state index is -0.564. The first-order chi connectivity index (χ1) is 15.1. The number of imidazole rings is 1. The van der Waals surface area contributed by atoms with Crippen LogP contribution in [0, 0.1) is 0 Å². The molecule has 1 atom stereocenters. The van der Waals surface area contributed by atoms with Crippen LogP contribution in [0.5, 0.6) is 5.75 Å². The lowest BCUT2D eigenvalue weighted by molar-refractivity contribution is 0.0768. The summed E-state index contributed by atoms with van der Waals surface area (Å²) in [4.78, 5) is 6.60. The maximum atomic E-state index is 10.5. The SMILES string of the molecule is C=CC1=C(/C=C\C)CN(CC(O)COc2cccc(-c3ccc4ncn(C)c4c3)c2)C1. The quantitative estimate of drug-likeness (QED) is 0.594. The Labute approximate surface area is 183 Å². The van der Waals surface area contributed by atoms with Gasteiger partial charge in [0, 0.05) is 26.7 Å². The highest BCUT2D eigenvalue weighted by Gasteiger charge is 2.21. The Kier molecular flexibility index (Phi) is 6.35. The Morgan fingerprint density at radius 3 is 2.77 bits per heavy atom. The van der Waals surface area contributed by atoms with Crippen LogP contribution in [-0.2, 0) is 7.05 Å². The maximum absolute atomic E-state index is 10.5. The molecule has 4 rings (SSSR count). The number of β-amino-alcohol motifs (C(OH)–C–C–N with tert-alkyl or cyclic N) is 1. The number of hydrogen-bond acceptors (Lipinski definition) is 4. The van der Waals surface area contributed by atoms with Gasteiger partial charge in [-0.3, -0.25) is 4.90 Å². The Balaban J connectivity index is 1.37. The average molecular weight is 416 g/mol. The van der Waals surface area contributed by atoms with E-state index in [4.69, 9.17) is 4.74 Å². The normalized spacial score (nSPS) is 15.8. The van der Waals surface area contributed by atoms with E-state index in [0.717, 1.165) is 41.0 Å². The molecular weight excluding hydrogens is 386 g/mol. The molecule has 1 aromatic heterocycles. The highest BCUT2D eigenvalue weighted by atomic mass is 16.5. The van der Waals surface area contributed by atoms with Crippen molar-refractivity contribution in [2.45, 2.75) is 13.0 Å². The fourth-order valence-electron chi connectivity index (χ4n) is 4.04. The van der Waals surface area contributed by atoms with Crippen molar-refractivity contribution in [2.24, 2.45) is 7.05 Å². The summed E-state index contributed by atoms with van der Waals surface area (Å²) >= 11 is 0. The van der Waals surface area contributed by atoms with E-state index in [2.05, 4.69) is 40.7 Å². The number of aryl methyl sites for hydroxylation is 1. The van der Waals surface area contributed by atoms with Crippen molar-refractivity contribution in [3.05, 3.63) is 84.7 Å². The van der Waals surface area contributed by atoms with Crippen LogP contribution >= 0.6 is 0 Å².